The molecule has 156 valence electrons. The minimum Gasteiger partial charge on any atom is -0.493 e. The van der Waals surface area contributed by atoms with Gasteiger partial charge in [0.05, 0.1) is 12.8 Å². The molecule has 1 N–H and O–H groups in total. The molecular weight excluding hydrogens is 410 g/mol. The Morgan fingerprint density at radius 2 is 1.58 bits per heavy atom. The Labute approximate surface area is 185 Å². The number of benzene rings is 3. The van der Waals surface area contributed by atoms with E-state index in [2.05, 4.69) is 5.32 Å². The predicted octanol–water partition coefficient (Wildman–Crippen LogP) is 6.27. The van der Waals surface area contributed by atoms with Gasteiger partial charge in [0.1, 0.15) is 12.4 Å². The second kappa shape index (κ2) is 9.91. The molecule has 1 aromatic heterocycles. The predicted molar refractivity (Wildman–Crippen MR) is 121 cm³/mol. The van der Waals surface area contributed by atoms with Gasteiger partial charge in [-0.3, -0.25) is 4.79 Å². The van der Waals surface area contributed by atoms with Gasteiger partial charge in [0.25, 0.3) is 5.91 Å². The molecule has 1 heterocycles. The quantitative estimate of drug-likeness (QED) is 0.356. The van der Waals surface area contributed by atoms with Crippen molar-refractivity contribution >= 4 is 23.4 Å². The fourth-order valence-electron chi connectivity index (χ4n) is 2.92. The highest BCUT2D eigenvalue weighted by atomic mass is 32.2. The first-order valence-electron chi connectivity index (χ1n) is 9.71. The summed E-state index contributed by atoms with van der Waals surface area (Å²) in [6.07, 6.45) is 0. The lowest BCUT2D eigenvalue weighted by molar-refractivity contribution is 0.0992. The number of hydrogen-bond acceptors (Lipinski definition) is 5. The maximum Gasteiger partial charge on any atom is 0.291 e. The van der Waals surface area contributed by atoms with E-state index in [0.717, 1.165) is 15.5 Å². The summed E-state index contributed by atoms with van der Waals surface area (Å²) >= 11 is 1.59. The van der Waals surface area contributed by atoms with Gasteiger partial charge in [-0.2, -0.15) is 0 Å². The van der Waals surface area contributed by atoms with Gasteiger partial charge in [-0.15, -0.1) is 0 Å². The van der Waals surface area contributed by atoms with E-state index in [1.807, 2.05) is 78.9 Å². The van der Waals surface area contributed by atoms with Crippen LogP contribution in [0.15, 0.2) is 105 Å². The number of amides is 1. The zero-order valence-electron chi connectivity index (χ0n) is 16.9. The second-order valence-electron chi connectivity index (χ2n) is 6.57. The van der Waals surface area contributed by atoms with E-state index in [4.69, 9.17) is 13.9 Å². The third-order valence-corrected chi connectivity index (χ3v) is 5.51. The molecule has 0 aliphatic rings. The van der Waals surface area contributed by atoms with Crippen molar-refractivity contribution < 1.29 is 18.7 Å². The first-order chi connectivity index (χ1) is 15.2. The van der Waals surface area contributed by atoms with E-state index in [0.29, 0.717) is 17.3 Å². The minimum absolute atomic E-state index is 0.189. The van der Waals surface area contributed by atoms with Crippen LogP contribution in [-0.4, -0.2) is 13.0 Å². The van der Waals surface area contributed by atoms with Crippen LogP contribution in [0.25, 0.3) is 0 Å². The number of rotatable bonds is 8. The molecular formula is C25H21NO4S. The Bertz CT molecular complexity index is 1160. The smallest absolute Gasteiger partial charge is 0.291 e. The Hall–Kier alpha value is -3.64. The summed E-state index contributed by atoms with van der Waals surface area (Å²) in [7, 11) is 1.59. The van der Waals surface area contributed by atoms with Crippen molar-refractivity contribution in [1.82, 2.24) is 0 Å². The molecule has 0 aliphatic heterocycles. The molecule has 0 unspecified atom stereocenters. The number of carbonyl (C=O) groups is 1. The number of carbonyl (C=O) groups excluding carboxylic acids is 1. The van der Waals surface area contributed by atoms with Crippen LogP contribution in [0.5, 0.6) is 11.5 Å². The van der Waals surface area contributed by atoms with E-state index in [1.54, 1.807) is 31.0 Å². The third kappa shape index (κ3) is 5.29. The lowest BCUT2D eigenvalue weighted by atomic mass is 10.3. The maximum atomic E-state index is 12.7. The normalized spacial score (nSPS) is 10.5. The first kappa shape index (κ1) is 20.6. The molecule has 0 aliphatic carbocycles. The first-order valence-corrected chi connectivity index (χ1v) is 10.5. The van der Waals surface area contributed by atoms with E-state index < -0.39 is 0 Å². The zero-order valence-corrected chi connectivity index (χ0v) is 17.7. The summed E-state index contributed by atoms with van der Waals surface area (Å²) in [4.78, 5) is 14.8. The highest BCUT2D eigenvalue weighted by Crippen LogP contribution is 2.33. The third-order valence-electron chi connectivity index (χ3n) is 4.43. The van der Waals surface area contributed by atoms with Crippen LogP contribution < -0.4 is 14.8 Å². The van der Waals surface area contributed by atoms with E-state index in [1.165, 1.54) is 0 Å². The lowest BCUT2D eigenvalue weighted by Crippen LogP contribution is -2.11. The van der Waals surface area contributed by atoms with Crippen LogP contribution >= 0.6 is 11.8 Å². The van der Waals surface area contributed by atoms with Gasteiger partial charge in [-0.05, 0) is 48.5 Å². The van der Waals surface area contributed by atoms with E-state index in [9.17, 15) is 4.79 Å². The van der Waals surface area contributed by atoms with Crippen LogP contribution in [-0.2, 0) is 6.61 Å². The van der Waals surface area contributed by atoms with Crippen molar-refractivity contribution in [2.75, 3.05) is 12.4 Å². The van der Waals surface area contributed by atoms with Crippen molar-refractivity contribution in [2.45, 2.75) is 16.4 Å². The van der Waals surface area contributed by atoms with Gasteiger partial charge in [0.15, 0.2) is 17.3 Å². The molecule has 0 bridgehead atoms. The second-order valence-corrected chi connectivity index (χ2v) is 7.69. The summed E-state index contributed by atoms with van der Waals surface area (Å²) in [6.45, 7) is 0.189. The van der Waals surface area contributed by atoms with Gasteiger partial charge in [0.2, 0.25) is 0 Å². The zero-order chi connectivity index (χ0) is 21.5. The molecule has 31 heavy (non-hydrogen) atoms. The van der Waals surface area contributed by atoms with Crippen LogP contribution in [0, 0.1) is 0 Å². The Morgan fingerprint density at radius 1 is 0.871 bits per heavy atom. The number of methoxy groups -OCH3 is 1. The van der Waals surface area contributed by atoms with Crippen molar-refractivity contribution in [1.29, 1.82) is 0 Å². The SMILES string of the molecule is COc1ccccc1OCc1ccc(C(=O)Nc2ccccc2Sc2ccccc2)o1. The number of nitrogens with one attached hydrogen (secondary N) is 1. The van der Waals surface area contributed by atoms with Crippen LogP contribution in [0.2, 0.25) is 0 Å². The standard InChI is InChI=1S/C25H21NO4S/c1-28-21-12-6-7-13-22(21)29-17-18-15-16-23(30-18)25(27)26-20-11-5-8-14-24(20)31-19-9-3-2-4-10-19/h2-16H,17H2,1H3,(H,26,27). The number of para-hydroxylation sites is 3. The van der Waals surface area contributed by atoms with E-state index >= 15 is 0 Å². The molecule has 4 aromatic rings. The Kier molecular flexibility index (Phi) is 6.59. The molecule has 0 saturated carbocycles. The lowest BCUT2D eigenvalue weighted by Gasteiger charge is -2.10. The summed E-state index contributed by atoms with van der Waals surface area (Å²) in [5.74, 6) is 1.70. The van der Waals surface area contributed by atoms with Crippen molar-refractivity contribution in [3.8, 4) is 11.5 Å². The summed E-state index contributed by atoms with van der Waals surface area (Å²) in [5, 5.41) is 2.94. The Morgan fingerprint density at radius 3 is 2.39 bits per heavy atom. The fraction of sp³-hybridized carbons (Fsp3) is 0.0800. The van der Waals surface area contributed by atoms with Gasteiger partial charge in [0, 0.05) is 9.79 Å². The van der Waals surface area contributed by atoms with Gasteiger partial charge < -0.3 is 19.2 Å². The highest BCUT2D eigenvalue weighted by molar-refractivity contribution is 7.99. The van der Waals surface area contributed by atoms with Crippen molar-refractivity contribution in [3.05, 3.63) is 103 Å². The topological polar surface area (TPSA) is 60.7 Å². The number of anilines is 1. The fourth-order valence-corrected chi connectivity index (χ4v) is 3.85. The van der Waals surface area contributed by atoms with Crippen molar-refractivity contribution in [2.24, 2.45) is 0 Å². The Balaban J connectivity index is 1.42. The van der Waals surface area contributed by atoms with Crippen LogP contribution in [0.4, 0.5) is 5.69 Å². The minimum atomic E-state index is -0.315. The number of furan rings is 1. The van der Waals surface area contributed by atoms with Crippen molar-refractivity contribution in [3.63, 3.8) is 0 Å². The van der Waals surface area contributed by atoms with Gasteiger partial charge in [-0.1, -0.05) is 54.2 Å². The molecule has 1 amide bonds. The largest absolute Gasteiger partial charge is 0.493 e. The number of hydrogen-bond donors (Lipinski definition) is 1. The molecule has 6 heteroatoms. The molecule has 0 spiro atoms. The van der Waals surface area contributed by atoms with E-state index in [-0.39, 0.29) is 18.3 Å². The average Bonchev–Trinajstić information content (AvgIpc) is 3.29. The maximum absolute atomic E-state index is 12.7. The summed E-state index contributed by atoms with van der Waals surface area (Å²) in [5.41, 5.74) is 0.726. The average molecular weight is 432 g/mol. The van der Waals surface area contributed by atoms with Crippen LogP contribution in [0.3, 0.4) is 0 Å². The molecule has 3 aromatic carbocycles. The summed E-state index contributed by atoms with van der Waals surface area (Å²) in [6, 6.07) is 28.4. The molecule has 0 saturated heterocycles. The summed E-state index contributed by atoms with van der Waals surface area (Å²) < 4.78 is 16.7. The number of ether oxygens (including phenoxy) is 2. The molecule has 5 nitrogen and oxygen atoms in total. The molecule has 4 rings (SSSR count). The molecule has 0 atom stereocenters. The van der Waals surface area contributed by atoms with Gasteiger partial charge >= 0.3 is 0 Å². The van der Waals surface area contributed by atoms with Gasteiger partial charge in [-0.25, -0.2) is 0 Å². The monoisotopic (exact) mass is 431 g/mol. The molecule has 0 radical (unpaired) electrons. The van der Waals surface area contributed by atoms with Crippen LogP contribution in [0.1, 0.15) is 16.3 Å². The highest BCUT2D eigenvalue weighted by Gasteiger charge is 2.14. The molecule has 0 fully saturated rings.